The van der Waals surface area contributed by atoms with E-state index in [0.29, 0.717) is 30.7 Å². The highest BCUT2D eigenvalue weighted by Gasteiger charge is 2.17. The first-order valence-electron chi connectivity index (χ1n) is 7.51. The first kappa shape index (κ1) is 16.9. The highest BCUT2D eigenvalue weighted by molar-refractivity contribution is 7.89. The third kappa shape index (κ3) is 5.34. The Morgan fingerprint density at radius 1 is 1.38 bits per heavy atom. The highest BCUT2D eigenvalue weighted by atomic mass is 32.2. The van der Waals surface area contributed by atoms with Crippen molar-refractivity contribution in [2.45, 2.75) is 50.2 Å². The van der Waals surface area contributed by atoms with Gasteiger partial charge in [-0.2, -0.15) is 0 Å². The second-order valence-electron chi connectivity index (χ2n) is 5.20. The fraction of sp³-hybridized carbons (Fsp3) is 0.714. The molecule has 120 valence electrons. The van der Waals surface area contributed by atoms with Crippen molar-refractivity contribution < 1.29 is 13.2 Å². The molecule has 0 bridgehead atoms. The molecule has 1 aromatic heterocycles. The molecule has 0 amide bonds. The third-order valence-corrected chi connectivity index (χ3v) is 6.07. The molecule has 0 radical (unpaired) electrons. The van der Waals surface area contributed by atoms with E-state index in [-0.39, 0.29) is 0 Å². The quantitative estimate of drug-likeness (QED) is 0.680. The Balaban J connectivity index is 1.76. The molecule has 5 nitrogen and oxygen atoms in total. The van der Waals surface area contributed by atoms with Gasteiger partial charge in [-0.05, 0) is 25.5 Å². The van der Waals surface area contributed by atoms with Crippen molar-refractivity contribution in [1.29, 1.82) is 0 Å². The van der Waals surface area contributed by atoms with Crippen molar-refractivity contribution >= 4 is 21.4 Å². The van der Waals surface area contributed by atoms with Crippen LogP contribution in [0.3, 0.4) is 0 Å². The number of rotatable bonds is 9. The normalized spacial score (nSPS) is 16.6. The van der Waals surface area contributed by atoms with Gasteiger partial charge in [-0.25, -0.2) is 13.1 Å². The summed E-state index contributed by atoms with van der Waals surface area (Å²) in [6.07, 6.45) is 4.97. The first-order valence-corrected chi connectivity index (χ1v) is 9.87. The van der Waals surface area contributed by atoms with E-state index in [1.54, 1.807) is 11.4 Å². The standard InChI is InChI=1S/C14H24N2O3S2/c1-2-15-10-13-9-14(11-20-13)21(17,18)16-7-8-19-12-5-3-4-6-12/h9,11-12,15-16H,2-8,10H2,1H3. The maximum absolute atomic E-state index is 12.1. The van der Waals surface area contributed by atoms with Crippen molar-refractivity contribution in [2.75, 3.05) is 19.7 Å². The molecule has 1 heterocycles. The Hall–Kier alpha value is -0.470. The van der Waals surface area contributed by atoms with Gasteiger partial charge in [0.2, 0.25) is 10.0 Å². The molecule has 1 aliphatic rings. The predicted molar refractivity (Wildman–Crippen MR) is 85.1 cm³/mol. The van der Waals surface area contributed by atoms with Crippen LogP contribution in [0.1, 0.15) is 37.5 Å². The second kappa shape index (κ2) is 8.24. The van der Waals surface area contributed by atoms with Crippen LogP contribution in [-0.2, 0) is 21.3 Å². The number of hydrogen-bond acceptors (Lipinski definition) is 5. The summed E-state index contributed by atoms with van der Waals surface area (Å²) in [5.41, 5.74) is 0. The van der Waals surface area contributed by atoms with E-state index in [1.165, 1.54) is 24.2 Å². The van der Waals surface area contributed by atoms with Crippen LogP contribution >= 0.6 is 11.3 Å². The molecule has 7 heteroatoms. The van der Waals surface area contributed by atoms with E-state index in [9.17, 15) is 8.42 Å². The Kier molecular flexibility index (Phi) is 6.63. The lowest BCUT2D eigenvalue weighted by molar-refractivity contribution is 0.0626. The van der Waals surface area contributed by atoms with Crippen molar-refractivity contribution in [3.8, 4) is 0 Å². The van der Waals surface area contributed by atoms with Crippen LogP contribution in [0.2, 0.25) is 0 Å². The molecule has 21 heavy (non-hydrogen) atoms. The van der Waals surface area contributed by atoms with Gasteiger partial charge in [-0.3, -0.25) is 0 Å². The predicted octanol–water partition coefficient (Wildman–Crippen LogP) is 2.10. The molecule has 0 spiro atoms. The molecule has 2 N–H and O–H groups in total. The lowest BCUT2D eigenvalue weighted by atomic mass is 10.3. The average molecular weight is 332 g/mol. The molecule has 1 fully saturated rings. The Morgan fingerprint density at radius 2 is 2.14 bits per heavy atom. The van der Waals surface area contributed by atoms with Gasteiger partial charge in [0.15, 0.2) is 0 Å². The zero-order valence-electron chi connectivity index (χ0n) is 12.4. The first-order chi connectivity index (χ1) is 10.1. The van der Waals surface area contributed by atoms with E-state index >= 15 is 0 Å². The van der Waals surface area contributed by atoms with Crippen molar-refractivity contribution in [2.24, 2.45) is 0 Å². The molecular formula is C14H24N2O3S2. The zero-order chi connectivity index (χ0) is 15.1. The molecule has 0 unspecified atom stereocenters. The SMILES string of the molecule is CCNCc1cc(S(=O)(=O)NCCOC2CCCC2)cs1. The Morgan fingerprint density at radius 3 is 2.86 bits per heavy atom. The fourth-order valence-electron chi connectivity index (χ4n) is 2.38. The van der Waals surface area contributed by atoms with Gasteiger partial charge in [0.25, 0.3) is 0 Å². The number of thiophene rings is 1. The Bertz CT molecular complexity index is 522. The smallest absolute Gasteiger partial charge is 0.241 e. The average Bonchev–Trinajstić information content (AvgIpc) is 3.13. The molecule has 1 aliphatic carbocycles. The molecule has 0 aromatic carbocycles. The van der Waals surface area contributed by atoms with Gasteiger partial charge >= 0.3 is 0 Å². The molecule has 0 atom stereocenters. The van der Waals surface area contributed by atoms with Gasteiger partial charge in [-0.1, -0.05) is 19.8 Å². The summed E-state index contributed by atoms with van der Waals surface area (Å²) in [6, 6.07) is 1.73. The Labute approximate surface area is 131 Å². The molecule has 0 saturated heterocycles. The lowest BCUT2D eigenvalue weighted by Crippen LogP contribution is -2.28. The maximum atomic E-state index is 12.1. The van der Waals surface area contributed by atoms with Gasteiger partial charge < -0.3 is 10.1 Å². The van der Waals surface area contributed by atoms with Crippen LogP contribution in [0.4, 0.5) is 0 Å². The van der Waals surface area contributed by atoms with E-state index in [1.807, 2.05) is 6.92 Å². The zero-order valence-corrected chi connectivity index (χ0v) is 14.1. The molecule has 1 aromatic rings. The number of sulfonamides is 1. The van der Waals surface area contributed by atoms with E-state index < -0.39 is 10.0 Å². The van der Waals surface area contributed by atoms with Gasteiger partial charge in [0, 0.05) is 23.3 Å². The fourth-order valence-corrected chi connectivity index (χ4v) is 4.64. The highest BCUT2D eigenvalue weighted by Crippen LogP contribution is 2.21. The minimum absolute atomic E-state index is 0.322. The summed E-state index contributed by atoms with van der Waals surface area (Å²) >= 11 is 1.46. The van der Waals surface area contributed by atoms with Crippen LogP contribution in [0.5, 0.6) is 0 Å². The van der Waals surface area contributed by atoms with Crippen molar-refractivity contribution in [3.05, 3.63) is 16.3 Å². The summed E-state index contributed by atoms with van der Waals surface area (Å²) < 4.78 is 32.5. The number of hydrogen-bond donors (Lipinski definition) is 2. The largest absolute Gasteiger partial charge is 0.377 e. The molecule has 0 aliphatic heterocycles. The van der Waals surface area contributed by atoms with Gasteiger partial charge in [0.1, 0.15) is 0 Å². The van der Waals surface area contributed by atoms with Crippen LogP contribution < -0.4 is 10.0 Å². The van der Waals surface area contributed by atoms with Crippen LogP contribution in [0.15, 0.2) is 16.3 Å². The maximum Gasteiger partial charge on any atom is 0.241 e. The lowest BCUT2D eigenvalue weighted by Gasteiger charge is -2.11. The van der Waals surface area contributed by atoms with E-state index in [2.05, 4.69) is 10.0 Å². The summed E-state index contributed by atoms with van der Waals surface area (Å²) in [6.45, 7) is 4.38. The molecule has 1 saturated carbocycles. The van der Waals surface area contributed by atoms with Crippen LogP contribution in [0.25, 0.3) is 0 Å². The summed E-state index contributed by atoms with van der Waals surface area (Å²) in [5.74, 6) is 0. The summed E-state index contributed by atoms with van der Waals surface area (Å²) in [5, 5.41) is 4.88. The number of ether oxygens (including phenoxy) is 1. The third-order valence-electron chi connectivity index (χ3n) is 3.54. The topological polar surface area (TPSA) is 67.4 Å². The van der Waals surface area contributed by atoms with Crippen molar-refractivity contribution in [3.63, 3.8) is 0 Å². The molecule has 2 rings (SSSR count). The van der Waals surface area contributed by atoms with E-state index in [0.717, 1.165) is 24.3 Å². The van der Waals surface area contributed by atoms with Gasteiger partial charge in [-0.15, -0.1) is 11.3 Å². The summed E-state index contributed by atoms with van der Waals surface area (Å²) in [4.78, 5) is 1.38. The second-order valence-corrected chi connectivity index (χ2v) is 7.97. The summed E-state index contributed by atoms with van der Waals surface area (Å²) in [7, 11) is -3.41. The van der Waals surface area contributed by atoms with E-state index in [4.69, 9.17) is 4.74 Å². The van der Waals surface area contributed by atoms with Crippen molar-refractivity contribution in [1.82, 2.24) is 10.0 Å². The van der Waals surface area contributed by atoms with Crippen LogP contribution in [-0.4, -0.2) is 34.2 Å². The van der Waals surface area contributed by atoms with Crippen LogP contribution in [0, 0.1) is 0 Å². The minimum atomic E-state index is -3.41. The van der Waals surface area contributed by atoms with Gasteiger partial charge in [0.05, 0.1) is 17.6 Å². The number of nitrogens with one attached hydrogen (secondary N) is 2. The monoisotopic (exact) mass is 332 g/mol. The molecular weight excluding hydrogens is 308 g/mol. The minimum Gasteiger partial charge on any atom is -0.377 e.